The molecule has 1 aromatic heterocycles. The van der Waals surface area contributed by atoms with Gasteiger partial charge in [0.1, 0.15) is 11.5 Å². The number of benzene rings is 1. The third-order valence-electron chi connectivity index (χ3n) is 2.23. The van der Waals surface area contributed by atoms with Crippen LogP contribution < -0.4 is 5.32 Å². The molecule has 0 bridgehead atoms. The van der Waals surface area contributed by atoms with Gasteiger partial charge in [-0.25, -0.2) is 0 Å². The Morgan fingerprint density at radius 3 is 2.88 bits per heavy atom. The first kappa shape index (κ1) is 11.9. The lowest BCUT2D eigenvalue weighted by atomic mass is 10.2. The molecule has 1 N–H and O–H groups in total. The van der Waals surface area contributed by atoms with E-state index >= 15 is 0 Å². The van der Waals surface area contributed by atoms with E-state index in [0.29, 0.717) is 17.8 Å². The molecule has 1 aromatic carbocycles. The highest BCUT2D eigenvalue weighted by atomic mass is 79.9. The summed E-state index contributed by atoms with van der Waals surface area (Å²) in [5, 5.41) is 6.58. The third kappa shape index (κ3) is 2.94. The molecule has 0 atom stereocenters. The molecule has 0 fully saturated rings. The standard InChI is InChI=1S/C12H11BrN2O2/c1-8-6-9(15-17-8)7-14-12(16)10-4-2-3-5-11(10)13/h2-6H,7H2,1H3,(H,14,16). The molecule has 1 heterocycles. The van der Waals surface area contributed by atoms with Crippen molar-refractivity contribution in [3.05, 3.63) is 51.8 Å². The van der Waals surface area contributed by atoms with Crippen LogP contribution in [0.5, 0.6) is 0 Å². The Bertz CT molecular complexity index is 537. The van der Waals surface area contributed by atoms with Crippen molar-refractivity contribution < 1.29 is 9.32 Å². The van der Waals surface area contributed by atoms with Crippen molar-refractivity contribution in [2.45, 2.75) is 13.5 Å². The van der Waals surface area contributed by atoms with Crippen LogP contribution in [0.3, 0.4) is 0 Å². The number of aryl methyl sites for hydroxylation is 1. The highest BCUT2D eigenvalue weighted by Crippen LogP contribution is 2.15. The van der Waals surface area contributed by atoms with E-state index in [-0.39, 0.29) is 5.91 Å². The number of carbonyl (C=O) groups is 1. The molecule has 0 aliphatic heterocycles. The lowest BCUT2D eigenvalue weighted by molar-refractivity contribution is 0.0949. The second-order valence-electron chi connectivity index (χ2n) is 3.59. The van der Waals surface area contributed by atoms with Gasteiger partial charge < -0.3 is 9.84 Å². The van der Waals surface area contributed by atoms with Gasteiger partial charge in [0.25, 0.3) is 5.91 Å². The third-order valence-corrected chi connectivity index (χ3v) is 2.92. The van der Waals surface area contributed by atoms with E-state index in [4.69, 9.17) is 4.52 Å². The average molecular weight is 295 g/mol. The van der Waals surface area contributed by atoms with Gasteiger partial charge in [0, 0.05) is 10.5 Å². The first-order valence-electron chi connectivity index (χ1n) is 5.12. The van der Waals surface area contributed by atoms with Gasteiger partial charge in [0.15, 0.2) is 0 Å². The zero-order valence-electron chi connectivity index (χ0n) is 9.24. The molecule has 0 aliphatic rings. The van der Waals surface area contributed by atoms with Gasteiger partial charge >= 0.3 is 0 Å². The molecule has 17 heavy (non-hydrogen) atoms. The fourth-order valence-electron chi connectivity index (χ4n) is 1.41. The van der Waals surface area contributed by atoms with Gasteiger partial charge in [0.2, 0.25) is 0 Å². The quantitative estimate of drug-likeness (QED) is 0.947. The summed E-state index contributed by atoms with van der Waals surface area (Å²) in [5.41, 5.74) is 1.32. The summed E-state index contributed by atoms with van der Waals surface area (Å²) in [5.74, 6) is 0.591. The topological polar surface area (TPSA) is 55.1 Å². The summed E-state index contributed by atoms with van der Waals surface area (Å²) < 4.78 is 5.69. The number of carbonyl (C=O) groups excluding carboxylic acids is 1. The second-order valence-corrected chi connectivity index (χ2v) is 4.45. The molecule has 1 amide bonds. The molecule has 0 spiro atoms. The molecule has 0 saturated heterocycles. The van der Waals surface area contributed by atoms with E-state index in [1.807, 2.05) is 25.1 Å². The molecule has 0 aliphatic carbocycles. The molecule has 88 valence electrons. The minimum Gasteiger partial charge on any atom is -0.361 e. The van der Waals surface area contributed by atoms with Gasteiger partial charge in [0.05, 0.1) is 12.1 Å². The Morgan fingerprint density at radius 2 is 2.24 bits per heavy atom. The maximum atomic E-state index is 11.8. The Hall–Kier alpha value is -1.62. The number of amides is 1. The van der Waals surface area contributed by atoms with E-state index in [9.17, 15) is 4.79 Å². The van der Waals surface area contributed by atoms with Crippen LogP contribution >= 0.6 is 15.9 Å². The number of hydrogen-bond acceptors (Lipinski definition) is 3. The lowest BCUT2D eigenvalue weighted by Crippen LogP contribution is -2.23. The van der Waals surface area contributed by atoms with E-state index in [1.165, 1.54) is 0 Å². The van der Waals surface area contributed by atoms with E-state index in [1.54, 1.807) is 12.1 Å². The highest BCUT2D eigenvalue weighted by Gasteiger charge is 2.09. The van der Waals surface area contributed by atoms with Gasteiger partial charge in [-0.2, -0.15) is 0 Å². The van der Waals surface area contributed by atoms with E-state index in [2.05, 4.69) is 26.4 Å². The average Bonchev–Trinajstić information content (AvgIpc) is 2.73. The van der Waals surface area contributed by atoms with Gasteiger partial charge in [-0.1, -0.05) is 17.3 Å². The molecule has 2 rings (SSSR count). The predicted octanol–water partition coefficient (Wildman–Crippen LogP) is 2.68. The Morgan fingerprint density at radius 1 is 1.47 bits per heavy atom. The van der Waals surface area contributed by atoms with Crippen LogP contribution in [-0.2, 0) is 6.54 Å². The predicted molar refractivity (Wildman–Crippen MR) is 66.6 cm³/mol. The summed E-state index contributed by atoms with van der Waals surface area (Å²) in [4.78, 5) is 11.8. The van der Waals surface area contributed by atoms with Crippen LogP contribution in [0, 0.1) is 6.92 Å². The maximum Gasteiger partial charge on any atom is 0.252 e. The zero-order valence-corrected chi connectivity index (χ0v) is 10.8. The number of nitrogens with zero attached hydrogens (tertiary/aromatic N) is 1. The largest absolute Gasteiger partial charge is 0.361 e. The fraction of sp³-hybridized carbons (Fsp3) is 0.167. The van der Waals surface area contributed by atoms with Crippen LogP contribution in [0.1, 0.15) is 21.8 Å². The minimum absolute atomic E-state index is 0.141. The highest BCUT2D eigenvalue weighted by molar-refractivity contribution is 9.10. The SMILES string of the molecule is Cc1cc(CNC(=O)c2ccccc2Br)no1. The van der Waals surface area contributed by atoms with Crippen LogP contribution in [0.25, 0.3) is 0 Å². The molecule has 0 saturated carbocycles. The number of halogens is 1. The lowest BCUT2D eigenvalue weighted by Gasteiger charge is -2.04. The van der Waals surface area contributed by atoms with Crippen LogP contribution in [0.4, 0.5) is 0 Å². The first-order valence-corrected chi connectivity index (χ1v) is 5.91. The van der Waals surface area contributed by atoms with Gasteiger partial charge in [-0.15, -0.1) is 0 Å². The fourth-order valence-corrected chi connectivity index (χ4v) is 1.88. The summed E-state index contributed by atoms with van der Waals surface area (Å²) >= 11 is 3.33. The van der Waals surface area contributed by atoms with Crippen LogP contribution in [0.2, 0.25) is 0 Å². The Kier molecular flexibility index (Phi) is 3.58. The number of nitrogens with one attached hydrogen (secondary N) is 1. The van der Waals surface area contributed by atoms with Crippen LogP contribution in [0.15, 0.2) is 39.3 Å². The zero-order chi connectivity index (χ0) is 12.3. The van der Waals surface area contributed by atoms with Gasteiger partial charge in [-0.3, -0.25) is 4.79 Å². The first-order chi connectivity index (χ1) is 8.16. The number of rotatable bonds is 3. The summed E-state index contributed by atoms with van der Waals surface area (Å²) in [6.07, 6.45) is 0. The summed E-state index contributed by atoms with van der Waals surface area (Å²) in [7, 11) is 0. The van der Waals surface area contributed by atoms with Crippen molar-refractivity contribution in [3.8, 4) is 0 Å². The van der Waals surface area contributed by atoms with E-state index < -0.39 is 0 Å². The van der Waals surface area contributed by atoms with Crippen molar-refractivity contribution in [1.82, 2.24) is 10.5 Å². The normalized spacial score (nSPS) is 10.2. The van der Waals surface area contributed by atoms with Crippen molar-refractivity contribution in [2.75, 3.05) is 0 Å². The van der Waals surface area contributed by atoms with Crippen molar-refractivity contribution in [2.24, 2.45) is 0 Å². The summed E-state index contributed by atoms with van der Waals surface area (Å²) in [6, 6.07) is 9.06. The minimum atomic E-state index is -0.141. The molecule has 5 heteroatoms. The molecular formula is C12H11BrN2O2. The monoisotopic (exact) mass is 294 g/mol. The van der Waals surface area contributed by atoms with Crippen molar-refractivity contribution in [1.29, 1.82) is 0 Å². The maximum absolute atomic E-state index is 11.8. The Balaban J connectivity index is 2.01. The van der Waals surface area contributed by atoms with Gasteiger partial charge in [-0.05, 0) is 35.0 Å². The molecule has 0 unspecified atom stereocenters. The molecular weight excluding hydrogens is 284 g/mol. The Labute approximate surface area is 107 Å². The van der Waals surface area contributed by atoms with Crippen LogP contribution in [-0.4, -0.2) is 11.1 Å². The molecule has 4 nitrogen and oxygen atoms in total. The van der Waals surface area contributed by atoms with Crippen molar-refractivity contribution in [3.63, 3.8) is 0 Å². The summed E-state index contributed by atoms with van der Waals surface area (Å²) in [6.45, 7) is 2.17. The van der Waals surface area contributed by atoms with E-state index in [0.717, 1.165) is 10.2 Å². The van der Waals surface area contributed by atoms with Crippen molar-refractivity contribution >= 4 is 21.8 Å². The molecule has 0 radical (unpaired) electrons. The smallest absolute Gasteiger partial charge is 0.252 e. The number of hydrogen-bond donors (Lipinski definition) is 1. The second kappa shape index (κ2) is 5.14. The number of aromatic nitrogens is 1. The molecule has 2 aromatic rings.